The summed E-state index contributed by atoms with van der Waals surface area (Å²) < 4.78 is 14.3. The largest absolute Gasteiger partial charge is 0.340 e. The maximum absolute atomic E-state index is 14.3. The van der Waals surface area contributed by atoms with Gasteiger partial charge in [0.25, 0.3) is 0 Å². The summed E-state index contributed by atoms with van der Waals surface area (Å²) in [4.78, 5) is 10.9. The van der Waals surface area contributed by atoms with Gasteiger partial charge in [0.05, 0.1) is 17.9 Å². The van der Waals surface area contributed by atoms with Crippen LogP contribution in [0, 0.1) is 11.2 Å². The summed E-state index contributed by atoms with van der Waals surface area (Å²) in [5.41, 5.74) is 2.00. The summed E-state index contributed by atoms with van der Waals surface area (Å²) in [6.07, 6.45) is 6.56. The Hall–Kier alpha value is -2.74. The van der Waals surface area contributed by atoms with Gasteiger partial charge in [-0.05, 0) is 44.0 Å². The molecule has 1 aromatic carbocycles. The van der Waals surface area contributed by atoms with Crippen molar-refractivity contribution < 1.29 is 4.39 Å². The van der Waals surface area contributed by atoms with Gasteiger partial charge in [-0.3, -0.25) is 5.10 Å². The van der Waals surface area contributed by atoms with E-state index in [1.807, 2.05) is 18.2 Å². The molecule has 2 fully saturated rings. The second kappa shape index (κ2) is 6.45. The number of H-pyrrole nitrogens is 1. The predicted molar refractivity (Wildman–Crippen MR) is 103 cm³/mol. The van der Waals surface area contributed by atoms with Gasteiger partial charge in [0.2, 0.25) is 5.95 Å². The van der Waals surface area contributed by atoms with E-state index in [1.165, 1.54) is 19.0 Å². The SMILES string of the molecule is Fc1cnc(N2CCC3(CCCNC3)C2)nc1Nc1ccc2[nH]ncc2c1. The summed E-state index contributed by atoms with van der Waals surface area (Å²) in [6.45, 7) is 3.98. The number of nitrogens with zero attached hydrogens (tertiary/aromatic N) is 4. The van der Waals surface area contributed by atoms with E-state index in [0.717, 1.165) is 49.2 Å². The number of anilines is 3. The monoisotopic (exact) mass is 367 g/mol. The van der Waals surface area contributed by atoms with Crippen molar-refractivity contribution in [2.24, 2.45) is 5.41 Å². The number of hydrogen-bond donors (Lipinski definition) is 3. The lowest BCUT2D eigenvalue weighted by atomic mass is 9.80. The van der Waals surface area contributed by atoms with Crippen LogP contribution in [0.25, 0.3) is 10.9 Å². The van der Waals surface area contributed by atoms with Crippen molar-refractivity contribution in [1.82, 2.24) is 25.5 Å². The van der Waals surface area contributed by atoms with E-state index in [-0.39, 0.29) is 5.82 Å². The Labute approximate surface area is 156 Å². The second-order valence-electron chi connectivity index (χ2n) is 7.62. The molecular weight excluding hydrogens is 345 g/mol. The molecule has 0 bridgehead atoms. The van der Waals surface area contributed by atoms with Gasteiger partial charge in [-0.2, -0.15) is 10.1 Å². The molecule has 0 aliphatic carbocycles. The van der Waals surface area contributed by atoms with Crippen LogP contribution in [-0.4, -0.2) is 46.3 Å². The molecule has 140 valence electrons. The van der Waals surface area contributed by atoms with Crippen LogP contribution >= 0.6 is 0 Å². The van der Waals surface area contributed by atoms with Crippen LogP contribution in [0.4, 0.5) is 21.8 Å². The van der Waals surface area contributed by atoms with Crippen LogP contribution in [0.15, 0.2) is 30.6 Å². The minimum absolute atomic E-state index is 0.200. The molecule has 8 heteroatoms. The molecule has 0 radical (unpaired) electrons. The smallest absolute Gasteiger partial charge is 0.227 e. The lowest BCUT2D eigenvalue weighted by Gasteiger charge is -2.33. The van der Waals surface area contributed by atoms with E-state index in [0.29, 0.717) is 11.4 Å². The fraction of sp³-hybridized carbons (Fsp3) is 0.421. The summed E-state index contributed by atoms with van der Waals surface area (Å²) in [7, 11) is 0. The third-order valence-corrected chi connectivity index (χ3v) is 5.72. The van der Waals surface area contributed by atoms with Gasteiger partial charge in [-0.15, -0.1) is 0 Å². The first kappa shape index (κ1) is 16.4. The number of fused-ring (bicyclic) bond motifs is 1. The van der Waals surface area contributed by atoms with Crippen molar-refractivity contribution in [3.05, 3.63) is 36.4 Å². The minimum Gasteiger partial charge on any atom is -0.340 e. The van der Waals surface area contributed by atoms with Crippen molar-refractivity contribution in [3.8, 4) is 0 Å². The Morgan fingerprint density at radius 2 is 2.19 bits per heavy atom. The Kier molecular flexibility index (Phi) is 3.93. The van der Waals surface area contributed by atoms with Crippen molar-refractivity contribution in [2.75, 3.05) is 36.4 Å². The molecule has 0 saturated carbocycles. The van der Waals surface area contributed by atoms with E-state index in [1.54, 1.807) is 6.20 Å². The first-order valence-corrected chi connectivity index (χ1v) is 9.39. The molecule has 3 aromatic rings. The number of benzene rings is 1. The summed E-state index contributed by atoms with van der Waals surface area (Å²) in [5.74, 6) is 0.329. The number of piperidine rings is 1. The normalized spacial score (nSPS) is 22.6. The molecule has 1 atom stereocenters. The zero-order valence-electron chi connectivity index (χ0n) is 15.0. The van der Waals surface area contributed by atoms with Crippen LogP contribution < -0.4 is 15.5 Å². The number of aromatic nitrogens is 4. The molecule has 2 aromatic heterocycles. The Bertz CT molecular complexity index is 964. The zero-order chi connectivity index (χ0) is 18.3. The van der Waals surface area contributed by atoms with Gasteiger partial charge in [0.1, 0.15) is 0 Å². The van der Waals surface area contributed by atoms with Crippen LogP contribution in [0.2, 0.25) is 0 Å². The number of nitrogens with one attached hydrogen (secondary N) is 3. The molecule has 2 aliphatic rings. The topological polar surface area (TPSA) is 81.8 Å². The molecule has 3 N–H and O–H groups in total. The van der Waals surface area contributed by atoms with Crippen LogP contribution in [0.3, 0.4) is 0 Å². The molecule has 2 aliphatic heterocycles. The Morgan fingerprint density at radius 1 is 1.22 bits per heavy atom. The van der Waals surface area contributed by atoms with E-state index in [9.17, 15) is 4.39 Å². The molecule has 1 unspecified atom stereocenters. The number of rotatable bonds is 3. The molecule has 7 nitrogen and oxygen atoms in total. The molecule has 27 heavy (non-hydrogen) atoms. The first-order valence-electron chi connectivity index (χ1n) is 9.39. The van der Waals surface area contributed by atoms with E-state index in [2.05, 4.69) is 35.7 Å². The maximum Gasteiger partial charge on any atom is 0.227 e. The lowest BCUT2D eigenvalue weighted by molar-refractivity contribution is 0.239. The van der Waals surface area contributed by atoms with Gasteiger partial charge in [-0.25, -0.2) is 9.37 Å². The fourth-order valence-electron chi connectivity index (χ4n) is 4.24. The van der Waals surface area contributed by atoms with E-state index < -0.39 is 5.82 Å². The lowest BCUT2D eigenvalue weighted by Crippen LogP contribution is -2.42. The van der Waals surface area contributed by atoms with Crippen LogP contribution in [0.5, 0.6) is 0 Å². The van der Waals surface area contributed by atoms with Crippen LogP contribution in [0.1, 0.15) is 19.3 Å². The van der Waals surface area contributed by atoms with Gasteiger partial charge >= 0.3 is 0 Å². The standard InChI is InChI=1S/C19H22FN7/c20-15-10-22-18(27-7-5-19(12-27)4-1-6-21-11-19)25-17(15)24-14-2-3-16-13(8-14)9-23-26-16/h2-3,8-10,21H,1,4-7,11-12H2,(H,23,26)(H,22,24,25). The molecule has 4 heterocycles. The minimum atomic E-state index is -0.459. The molecule has 1 spiro atoms. The number of halogens is 1. The van der Waals surface area contributed by atoms with E-state index >= 15 is 0 Å². The molecular formula is C19H22FN7. The third-order valence-electron chi connectivity index (χ3n) is 5.72. The zero-order valence-corrected chi connectivity index (χ0v) is 15.0. The average molecular weight is 367 g/mol. The van der Waals surface area contributed by atoms with Gasteiger partial charge < -0.3 is 15.5 Å². The third kappa shape index (κ3) is 3.10. The first-order chi connectivity index (χ1) is 13.2. The van der Waals surface area contributed by atoms with E-state index in [4.69, 9.17) is 0 Å². The van der Waals surface area contributed by atoms with Gasteiger partial charge in [0.15, 0.2) is 11.6 Å². The highest BCUT2D eigenvalue weighted by Crippen LogP contribution is 2.37. The van der Waals surface area contributed by atoms with Crippen molar-refractivity contribution >= 4 is 28.4 Å². The van der Waals surface area contributed by atoms with Crippen molar-refractivity contribution in [3.63, 3.8) is 0 Å². The predicted octanol–water partition coefficient (Wildman–Crippen LogP) is 2.82. The van der Waals surface area contributed by atoms with Crippen molar-refractivity contribution in [1.29, 1.82) is 0 Å². The quantitative estimate of drug-likeness (QED) is 0.660. The van der Waals surface area contributed by atoms with Crippen LogP contribution in [-0.2, 0) is 0 Å². The Balaban J connectivity index is 1.38. The maximum atomic E-state index is 14.3. The highest BCUT2D eigenvalue weighted by molar-refractivity contribution is 5.82. The summed E-state index contributed by atoms with van der Waals surface area (Å²) >= 11 is 0. The average Bonchev–Trinajstić information content (AvgIpc) is 3.31. The van der Waals surface area contributed by atoms with Gasteiger partial charge in [0, 0.05) is 36.1 Å². The number of aromatic amines is 1. The molecule has 5 rings (SSSR count). The summed E-state index contributed by atoms with van der Waals surface area (Å²) in [6, 6.07) is 5.70. The van der Waals surface area contributed by atoms with Gasteiger partial charge in [-0.1, -0.05) is 0 Å². The fourth-order valence-corrected chi connectivity index (χ4v) is 4.24. The molecule has 2 saturated heterocycles. The Morgan fingerprint density at radius 3 is 3.07 bits per heavy atom. The summed E-state index contributed by atoms with van der Waals surface area (Å²) in [5, 5.41) is 14.5. The number of hydrogen-bond acceptors (Lipinski definition) is 6. The highest BCUT2D eigenvalue weighted by atomic mass is 19.1. The molecule has 0 amide bonds. The second-order valence-corrected chi connectivity index (χ2v) is 7.62. The highest BCUT2D eigenvalue weighted by Gasteiger charge is 2.39. The van der Waals surface area contributed by atoms with Crippen molar-refractivity contribution in [2.45, 2.75) is 19.3 Å².